The van der Waals surface area contributed by atoms with E-state index in [1.165, 1.54) is 0 Å². The molecule has 0 radical (unpaired) electrons. The number of esters is 2. The summed E-state index contributed by atoms with van der Waals surface area (Å²) in [4.78, 5) is 54.8. The number of hydrogen-bond acceptors (Lipinski definition) is 6. The van der Waals surface area contributed by atoms with E-state index in [0.717, 1.165) is 16.7 Å². The number of allylic oxidation sites excluding steroid dienone is 1. The van der Waals surface area contributed by atoms with Crippen LogP contribution in [0.4, 0.5) is 0 Å². The molecule has 0 N–H and O–H groups in total. The minimum Gasteiger partial charge on any atom is -0.466 e. The van der Waals surface area contributed by atoms with E-state index in [0.29, 0.717) is 49.4 Å². The average molecular weight is 547 g/mol. The van der Waals surface area contributed by atoms with Gasteiger partial charge in [-0.15, -0.1) is 0 Å². The highest BCUT2D eigenvalue weighted by Crippen LogP contribution is 2.38. The van der Waals surface area contributed by atoms with Crippen LogP contribution in [0.2, 0.25) is 0 Å². The van der Waals surface area contributed by atoms with Crippen molar-refractivity contribution < 1.29 is 28.7 Å². The number of benzene rings is 2. The van der Waals surface area contributed by atoms with Crippen LogP contribution >= 0.6 is 0 Å². The van der Waals surface area contributed by atoms with Crippen molar-refractivity contribution in [3.05, 3.63) is 82.1 Å². The third kappa shape index (κ3) is 6.43. The van der Waals surface area contributed by atoms with Gasteiger partial charge in [0.1, 0.15) is 0 Å². The number of piperidine rings is 1. The first-order chi connectivity index (χ1) is 19.2. The molecule has 2 heterocycles. The monoisotopic (exact) mass is 546 g/mol. The third-order valence-corrected chi connectivity index (χ3v) is 7.74. The average Bonchev–Trinajstić information content (AvgIpc) is 2.95. The predicted octanol–water partition coefficient (Wildman–Crippen LogP) is 4.76. The Bertz CT molecular complexity index is 1270. The van der Waals surface area contributed by atoms with Gasteiger partial charge in [0.25, 0.3) is 5.91 Å². The molecule has 8 heteroatoms. The summed E-state index contributed by atoms with van der Waals surface area (Å²) in [5, 5.41) is 0. The summed E-state index contributed by atoms with van der Waals surface area (Å²) >= 11 is 0. The van der Waals surface area contributed by atoms with Gasteiger partial charge in [0.05, 0.1) is 31.2 Å². The molecule has 2 aliphatic rings. The number of hydrogen-bond donors (Lipinski definition) is 0. The molecular weight excluding hydrogens is 508 g/mol. The van der Waals surface area contributed by atoms with Crippen molar-refractivity contribution in [2.24, 2.45) is 5.92 Å². The van der Waals surface area contributed by atoms with Crippen LogP contribution in [-0.2, 0) is 30.4 Å². The SMILES string of the molecule is CCOC(=O)C1=C(C)N(Cc2ccc(C(=O)N3CCC(C(=O)OCC)CC3)cc2)C(=O)CC1c1ccc(C)cc1. The lowest BCUT2D eigenvalue weighted by molar-refractivity contribution is -0.149. The second kappa shape index (κ2) is 12.9. The lowest BCUT2D eigenvalue weighted by Gasteiger charge is -2.34. The molecule has 4 rings (SSSR count). The second-order valence-electron chi connectivity index (χ2n) is 10.4. The zero-order chi connectivity index (χ0) is 28.8. The fourth-order valence-corrected chi connectivity index (χ4v) is 5.46. The van der Waals surface area contributed by atoms with Gasteiger partial charge in [0.15, 0.2) is 0 Å². The van der Waals surface area contributed by atoms with Crippen LogP contribution in [0.25, 0.3) is 0 Å². The fourth-order valence-electron chi connectivity index (χ4n) is 5.46. The van der Waals surface area contributed by atoms with Crippen LogP contribution in [0, 0.1) is 12.8 Å². The number of carbonyl (C=O) groups is 4. The Hall–Kier alpha value is -3.94. The normalized spacial score (nSPS) is 18.1. The van der Waals surface area contributed by atoms with Crippen molar-refractivity contribution in [3.8, 4) is 0 Å². The lowest BCUT2D eigenvalue weighted by atomic mass is 9.83. The number of rotatable bonds is 8. The molecule has 0 spiro atoms. The number of aryl methyl sites for hydroxylation is 1. The van der Waals surface area contributed by atoms with Crippen molar-refractivity contribution in [1.29, 1.82) is 0 Å². The maximum atomic E-state index is 13.3. The number of nitrogens with zero attached hydrogens (tertiary/aromatic N) is 2. The first-order valence-electron chi connectivity index (χ1n) is 14.0. The van der Waals surface area contributed by atoms with Gasteiger partial charge in [-0.1, -0.05) is 42.0 Å². The van der Waals surface area contributed by atoms with E-state index in [1.807, 2.05) is 43.3 Å². The van der Waals surface area contributed by atoms with Gasteiger partial charge >= 0.3 is 11.9 Å². The smallest absolute Gasteiger partial charge is 0.336 e. The van der Waals surface area contributed by atoms with Crippen molar-refractivity contribution in [1.82, 2.24) is 9.80 Å². The first-order valence-corrected chi connectivity index (χ1v) is 14.0. The zero-order valence-corrected chi connectivity index (χ0v) is 23.8. The Morgan fingerprint density at radius 1 is 0.875 bits per heavy atom. The van der Waals surface area contributed by atoms with Gasteiger partial charge in [0, 0.05) is 36.7 Å². The van der Waals surface area contributed by atoms with Crippen LogP contribution in [0.15, 0.2) is 59.8 Å². The zero-order valence-electron chi connectivity index (χ0n) is 23.8. The predicted molar refractivity (Wildman–Crippen MR) is 150 cm³/mol. The minimum absolute atomic E-state index is 0.0688. The van der Waals surface area contributed by atoms with Crippen LogP contribution in [0.5, 0.6) is 0 Å². The molecule has 2 amide bonds. The molecule has 1 atom stereocenters. The molecule has 1 saturated heterocycles. The highest BCUT2D eigenvalue weighted by atomic mass is 16.5. The molecule has 0 aliphatic carbocycles. The van der Waals surface area contributed by atoms with E-state index in [1.54, 1.807) is 42.7 Å². The number of amides is 2. The standard InChI is InChI=1S/C32H38N2O6/c1-5-39-31(37)26-15-17-33(18-16-26)30(36)25-13-9-23(10-14-25)20-34-22(4)29(32(38)40-6-2)27(19-28(34)35)24-11-7-21(3)8-12-24/h7-14,26-27H,5-6,15-20H2,1-4H3. The summed E-state index contributed by atoms with van der Waals surface area (Å²) in [6, 6.07) is 15.1. The topological polar surface area (TPSA) is 93.2 Å². The van der Waals surface area contributed by atoms with E-state index in [2.05, 4.69) is 0 Å². The van der Waals surface area contributed by atoms with E-state index in [-0.39, 0.29) is 49.2 Å². The molecule has 0 aromatic heterocycles. The quantitative estimate of drug-likeness (QED) is 0.443. The van der Waals surface area contributed by atoms with Crippen LogP contribution in [-0.4, -0.2) is 59.9 Å². The molecular formula is C32H38N2O6. The van der Waals surface area contributed by atoms with Crippen LogP contribution in [0.1, 0.15) is 73.0 Å². The highest BCUT2D eigenvalue weighted by Gasteiger charge is 2.37. The maximum Gasteiger partial charge on any atom is 0.336 e. The Morgan fingerprint density at radius 2 is 1.50 bits per heavy atom. The van der Waals surface area contributed by atoms with Crippen molar-refractivity contribution in [2.45, 2.75) is 59.4 Å². The number of carbonyl (C=O) groups excluding carboxylic acids is 4. The molecule has 1 fully saturated rings. The van der Waals surface area contributed by atoms with Crippen LogP contribution in [0.3, 0.4) is 0 Å². The van der Waals surface area contributed by atoms with Gasteiger partial charge in [-0.25, -0.2) is 4.79 Å². The van der Waals surface area contributed by atoms with E-state index in [9.17, 15) is 19.2 Å². The Kier molecular flexibility index (Phi) is 9.40. The van der Waals surface area contributed by atoms with Gasteiger partial charge in [-0.2, -0.15) is 0 Å². The molecule has 2 aromatic carbocycles. The molecule has 212 valence electrons. The van der Waals surface area contributed by atoms with E-state index < -0.39 is 5.97 Å². The third-order valence-electron chi connectivity index (χ3n) is 7.74. The molecule has 40 heavy (non-hydrogen) atoms. The summed E-state index contributed by atoms with van der Waals surface area (Å²) in [5.41, 5.74) is 4.52. The second-order valence-corrected chi connectivity index (χ2v) is 10.4. The van der Waals surface area contributed by atoms with Gasteiger partial charge in [-0.05, 0) is 63.8 Å². The lowest BCUT2D eigenvalue weighted by Crippen LogP contribution is -2.40. The summed E-state index contributed by atoms with van der Waals surface area (Å²) in [7, 11) is 0. The summed E-state index contributed by atoms with van der Waals surface area (Å²) in [5.74, 6) is -1.26. The largest absolute Gasteiger partial charge is 0.466 e. The van der Waals surface area contributed by atoms with E-state index >= 15 is 0 Å². The molecule has 2 aromatic rings. The summed E-state index contributed by atoms with van der Waals surface area (Å²) in [6.07, 6.45) is 1.36. The summed E-state index contributed by atoms with van der Waals surface area (Å²) in [6.45, 7) is 9.27. The van der Waals surface area contributed by atoms with E-state index in [4.69, 9.17) is 9.47 Å². The maximum absolute atomic E-state index is 13.3. The van der Waals surface area contributed by atoms with Crippen molar-refractivity contribution >= 4 is 23.8 Å². The fraction of sp³-hybridized carbons (Fsp3) is 0.438. The van der Waals surface area contributed by atoms with Crippen molar-refractivity contribution in [3.63, 3.8) is 0 Å². The molecule has 0 saturated carbocycles. The molecule has 1 unspecified atom stereocenters. The number of likely N-dealkylation sites (tertiary alicyclic amines) is 1. The first kappa shape index (κ1) is 29.1. The Balaban J connectivity index is 1.48. The van der Waals surface area contributed by atoms with Crippen LogP contribution < -0.4 is 0 Å². The molecule has 8 nitrogen and oxygen atoms in total. The van der Waals surface area contributed by atoms with Gasteiger partial charge in [0.2, 0.25) is 5.91 Å². The molecule has 0 bridgehead atoms. The Morgan fingerprint density at radius 3 is 2.10 bits per heavy atom. The highest BCUT2D eigenvalue weighted by molar-refractivity contribution is 5.96. The van der Waals surface area contributed by atoms with Crippen molar-refractivity contribution in [2.75, 3.05) is 26.3 Å². The molecule has 2 aliphatic heterocycles. The van der Waals surface area contributed by atoms with Gasteiger partial charge < -0.3 is 19.3 Å². The Labute approximate surface area is 235 Å². The minimum atomic E-state index is -0.407. The summed E-state index contributed by atoms with van der Waals surface area (Å²) < 4.78 is 10.5. The van der Waals surface area contributed by atoms with Gasteiger partial charge in [-0.3, -0.25) is 14.4 Å². The number of ether oxygens (including phenoxy) is 2.